The summed E-state index contributed by atoms with van der Waals surface area (Å²) < 4.78 is 16.6. The van der Waals surface area contributed by atoms with E-state index in [1.54, 1.807) is 25.1 Å². The first-order valence-electron chi connectivity index (χ1n) is 8.54. The Morgan fingerprint density at radius 1 is 1.21 bits per heavy atom. The maximum atomic E-state index is 13.0. The van der Waals surface area contributed by atoms with Crippen LogP contribution in [-0.4, -0.2) is 25.9 Å². The van der Waals surface area contributed by atoms with Crippen LogP contribution in [0.15, 0.2) is 58.2 Å². The van der Waals surface area contributed by atoms with Crippen LogP contribution in [0.4, 0.5) is 10.5 Å². The van der Waals surface area contributed by atoms with Crippen molar-refractivity contribution in [3.63, 3.8) is 0 Å². The lowest BCUT2D eigenvalue weighted by Gasteiger charge is -2.35. The molecule has 0 saturated carbocycles. The van der Waals surface area contributed by atoms with Crippen molar-refractivity contribution in [1.29, 1.82) is 0 Å². The molecule has 7 nitrogen and oxygen atoms in total. The van der Waals surface area contributed by atoms with Gasteiger partial charge in [0.25, 0.3) is 0 Å². The molecule has 0 spiro atoms. The number of methoxy groups -OCH3 is 1. The lowest BCUT2D eigenvalue weighted by molar-refractivity contribution is -0.136. The molecular weight excluding hydrogens is 428 g/mol. The van der Waals surface area contributed by atoms with Gasteiger partial charge in [-0.3, -0.25) is 4.90 Å². The Bertz CT molecular complexity index is 1000. The number of ether oxygens (including phenoxy) is 3. The zero-order valence-electron chi connectivity index (χ0n) is 15.2. The van der Waals surface area contributed by atoms with Gasteiger partial charge in [-0.15, -0.1) is 0 Å². The van der Waals surface area contributed by atoms with E-state index in [0.717, 1.165) is 10.0 Å². The Labute approximate surface area is 170 Å². The van der Waals surface area contributed by atoms with Crippen LogP contribution in [0, 0.1) is 0 Å². The normalized spacial score (nSPS) is 18.2. The Hall–Kier alpha value is -3.00. The minimum absolute atomic E-state index is 0.137. The fourth-order valence-corrected chi connectivity index (χ4v) is 3.81. The van der Waals surface area contributed by atoms with Crippen LogP contribution < -0.4 is 19.7 Å². The highest BCUT2D eigenvalue weighted by atomic mass is 79.9. The van der Waals surface area contributed by atoms with E-state index in [1.807, 2.05) is 24.3 Å². The molecule has 144 valence electrons. The molecule has 1 N–H and O–H groups in total. The Kier molecular flexibility index (Phi) is 4.72. The van der Waals surface area contributed by atoms with Crippen LogP contribution in [0.5, 0.6) is 11.5 Å². The second-order valence-corrected chi connectivity index (χ2v) is 7.22. The van der Waals surface area contributed by atoms with E-state index in [9.17, 15) is 9.59 Å². The van der Waals surface area contributed by atoms with E-state index >= 15 is 0 Å². The molecule has 2 aromatic rings. The van der Waals surface area contributed by atoms with Crippen molar-refractivity contribution in [2.45, 2.75) is 13.0 Å². The topological polar surface area (TPSA) is 77.1 Å². The fourth-order valence-electron chi connectivity index (χ4n) is 3.39. The van der Waals surface area contributed by atoms with E-state index in [4.69, 9.17) is 14.2 Å². The lowest BCUT2D eigenvalue weighted by atomic mass is 9.94. The Morgan fingerprint density at radius 2 is 2.00 bits per heavy atom. The van der Waals surface area contributed by atoms with Crippen molar-refractivity contribution in [2.75, 3.05) is 18.8 Å². The molecule has 0 aliphatic carbocycles. The summed E-state index contributed by atoms with van der Waals surface area (Å²) in [6.07, 6.45) is 0. The predicted molar refractivity (Wildman–Crippen MR) is 105 cm³/mol. The van der Waals surface area contributed by atoms with Crippen LogP contribution in [0.25, 0.3) is 0 Å². The molecule has 0 radical (unpaired) electrons. The first-order valence-corrected chi connectivity index (χ1v) is 9.33. The van der Waals surface area contributed by atoms with E-state index in [0.29, 0.717) is 28.5 Å². The highest BCUT2D eigenvalue weighted by Crippen LogP contribution is 2.39. The number of hydrogen-bond donors (Lipinski definition) is 1. The van der Waals surface area contributed by atoms with Crippen molar-refractivity contribution in [3.8, 4) is 11.5 Å². The Morgan fingerprint density at radius 3 is 2.75 bits per heavy atom. The number of nitrogens with zero attached hydrogens (tertiary/aromatic N) is 1. The molecule has 0 fully saturated rings. The molecular formula is C20H17BrN2O5. The predicted octanol–water partition coefficient (Wildman–Crippen LogP) is 3.90. The van der Waals surface area contributed by atoms with Crippen molar-refractivity contribution in [1.82, 2.24) is 5.32 Å². The number of carbonyl (C=O) groups excluding carboxylic acids is 2. The van der Waals surface area contributed by atoms with E-state index in [2.05, 4.69) is 21.2 Å². The van der Waals surface area contributed by atoms with Gasteiger partial charge in [-0.2, -0.15) is 0 Å². The SMILES string of the molecule is COC(=O)C1=C(C)N(c2ccc3c(c2)OCO3)C(=O)NC1c1cccc(Br)c1. The molecule has 0 saturated heterocycles. The number of nitrogens with one attached hydrogen (secondary N) is 1. The number of carbonyl (C=O) groups is 2. The van der Waals surface area contributed by atoms with Gasteiger partial charge < -0.3 is 19.5 Å². The third-order valence-corrected chi connectivity index (χ3v) is 5.18. The molecule has 2 aliphatic heterocycles. The number of hydrogen-bond acceptors (Lipinski definition) is 5. The molecule has 2 aliphatic rings. The number of rotatable bonds is 3. The summed E-state index contributed by atoms with van der Waals surface area (Å²) in [5.74, 6) is 0.656. The van der Waals surface area contributed by atoms with Gasteiger partial charge >= 0.3 is 12.0 Å². The molecule has 4 rings (SSSR count). The minimum Gasteiger partial charge on any atom is -0.466 e. The molecule has 1 unspecified atom stereocenters. The van der Waals surface area contributed by atoms with Crippen LogP contribution in [0.1, 0.15) is 18.5 Å². The molecule has 28 heavy (non-hydrogen) atoms. The quantitative estimate of drug-likeness (QED) is 0.726. The van der Waals surface area contributed by atoms with E-state index < -0.39 is 12.0 Å². The second kappa shape index (κ2) is 7.20. The van der Waals surface area contributed by atoms with E-state index in [-0.39, 0.29) is 12.8 Å². The third kappa shape index (κ3) is 3.09. The zero-order chi connectivity index (χ0) is 19.8. The highest BCUT2D eigenvalue weighted by molar-refractivity contribution is 9.10. The van der Waals surface area contributed by atoms with E-state index in [1.165, 1.54) is 12.0 Å². The summed E-state index contributed by atoms with van der Waals surface area (Å²) in [6, 6.07) is 11.6. The molecule has 8 heteroatoms. The van der Waals surface area contributed by atoms with Gasteiger partial charge in [0.05, 0.1) is 24.4 Å². The third-order valence-electron chi connectivity index (χ3n) is 4.69. The van der Waals surface area contributed by atoms with Crippen LogP contribution >= 0.6 is 15.9 Å². The lowest BCUT2D eigenvalue weighted by Crippen LogP contribution is -2.48. The second-order valence-electron chi connectivity index (χ2n) is 6.30. The van der Waals surface area contributed by atoms with Gasteiger partial charge in [0.2, 0.25) is 6.79 Å². The first-order chi connectivity index (χ1) is 13.5. The van der Waals surface area contributed by atoms with Crippen LogP contribution in [-0.2, 0) is 9.53 Å². The molecule has 0 aromatic heterocycles. The smallest absolute Gasteiger partial charge is 0.337 e. The number of halogens is 1. The average molecular weight is 445 g/mol. The van der Waals surface area contributed by atoms with Crippen LogP contribution in [0.2, 0.25) is 0 Å². The van der Waals surface area contributed by atoms with Crippen molar-refractivity contribution < 1.29 is 23.8 Å². The highest BCUT2D eigenvalue weighted by Gasteiger charge is 2.37. The number of fused-ring (bicyclic) bond motifs is 1. The summed E-state index contributed by atoms with van der Waals surface area (Å²) >= 11 is 3.43. The van der Waals surface area contributed by atoms with Gasteiger partial charge in [0, 0.05) is 16.2 Å². The van der Waals surface area contributed by atoms with Crippen molar-refractivity contribution in [2.24, 2.45) is 0 Å². The standard InChI is InChI=1S/C20H17BrN2O5/c1-11-17(19(24)26-2)18(12-4-3-5-13(21)8-12)22-20(25)23(11)14-6-7-15-16(9-14)28-10-27-15/h3-9,18H,10H2,1-2H3,(H,22,25). The number of urea groups is 1. The number of esters is 1. The minimum atomic E-state index is -0.622. The largest absolute Gasteiger partial charge is 0.466 e. The molecule has 2 aromatic carbocycles. The summed E-state index contributed by atoms with van der Waals surface area (Å²) in [6.45, 7) is 1.86. The van der Waals surface area contributed by atoms with Crippen molar-refractivity contribution >= 4 is 33.6 Å². The maximum Gasteiger partial charge on any atom is 0.337 e. The summed E-state index contributed by atoms with van der Waals surface area (Å²) in [7, 11) is 1.32. The number of benzene rings is 2. The first kappa shape index (κ1) is 18.4. The number of amides is 2. The molecule has 2 heterocycles. The van der Waals surface area contributed by atoms with Crippen LogP contribution in [0.3, 0.4) is 0 Å². The molecule has 2 amide bonds. The van der Waals surface area contributed by atoms with Gasteiger partial charge in [-0.1, -0.05) is 28.1 Å². The summed E-state index contributed by atoms with van der Waals surface area (Å²) in [5.41, 5.74) is 2.18. The van der Waals surface area contributed by atoms with Gasteiger partial charge in [-0.25, -0.2) is 9.59 Å². The zero-order valence-corrected chi connectivity index (χ0v) is 16.8. The maximum absolute atomic E-state index is 13.0. The summed E-state index contributed by atoms with van der Waals surface area (Å²) in [4.78, 5) is 27.0. The van der Waals surface area contributed by atoms with Gasteiger partial charge in [0.1, 0.15) is 0 Å². The Balaban J connectivity index is 1.82. The number of allylic oxidation sites excluding steroid dienone is 1. The molecule has 0 bridgehead atoms. The number of anilines is 1. The fraction of sp³-hybridized carbons (Fsp3) is 0.200. The monoisotopic (exact) mass is 444 g/mol. The van der Waals surface area contributed by atoms with Gasteiger partial charge in [0.15, 0.2) is 11.5 Å². The summed E-state index contributed by atoms with van der Waals surface area (Å²) in [5, 5.41) is 2.91. The van der Waals surface area contributed by atoms with Crippen molar-refractivity contribution in [3.05, 3.63) is 63.8 Å². The molecule has 1 atom stereocenters. The van der Waals surface area contributed by atoms with Gasteiger partial charge in [-0.05, 0) is 36.8 Å². The average Bonchev–Trinajstić information content (AvgIpc) is 3.15.